The van der Waals surface area contributed by atoms with Gasteiger partial charge in [0.2, 0.25) is 5.91 Å². The second-order valence-corrected chi connectivity index (χ2v) is 8.22. The van der Waals surface area contributed by atoms with Crippen LogP contribution < -0.4 is 10.1 Å². The molecule has 3 aromatic rings. The second kappa shape index (κ2) is 11.0. The molecular formula is C26H35N3O2. The molecule has 5 heteroatoms. The Bertz CT molecular complexity index is 974. The van der Waals surface area contributed by atoms with Crippen LogP contribution in [0.1, 0.15) is 63.9 Å². The van der Waals surface area contributed by atoms with Crippen molar-refractivity contribution in [2.24, 2.45) is 5.92 Å². The minimum absolute atomic E-state index is 0.0548. The summed E-state index contributed by atoms with van der Waals surface area (Å²) in [5, 5.41) is 3.18. The highest BCUT2D eigenvalue weighted by molar-refractivity contribution is 5.79. The van der Waals surface area contributed by atoms with E-state index in [4.69, 9.17) is 9.72 Å². The molecule has 0 saturated carbocycles. The average Bonchev–Trinajstić information content (AvgIpc) is 3.14. The number of unbranched alkanes of at least 4 members (excludes halogenated alkanes) is 1. The number of amides is 1. The Hall–Kier alpha value is -2.82. The third kappa shape index (κ3) is 5.87. The summed E-state index contributed by atoms with van der Waals surface area (Å²) < 4.78 is 8.12. The third-order valence-corrected chi connectivity index (χ3v) is 5.85. The molecule has 166 valence electrons. The van der Waals surface area contributed by atoms with Gasteiger partial charge in [0, 0.05) is 12.5 Å². The summed E-state index contributed by atoms with van der Waals surface area (Å²) in [6.45, 7) is 9.76. The summed E-state index contributed by atoms with van der Waals surface area (Å²) >= 11 is 0. The molecule has 2 aromatic carbocycles. The number of nitrogens with one attached hydrogen (secondary N) is 1. The molecule has 1 unspecified atom stereocenters. The monoisotopic (exact) mass is 421 g/mol. The van der Waals surface area contributed by atoms with E-state index in [1.807, 2.05) is 37.3 Å². The van der Waals surface area contributed by atoms with Crippen molar-refractivity contribution in [3.8, 4) is 5.75 Å². The van der Waals surface area contributed by atoms with Gasteiger partial charge in [0.15, 0.2) is 0 Å². The van der Waals surface area contributed by atoms with Gasteiger partial charge in [-0.1, -0.05) is 43.7 Å². The smallest absolute Gasteiger partial charge is 0.223 e. The van der Waals surface area contributed by atoms with Crippen molar-refractivity contribution in [1.82, 2.24) is 14.9 Å². The van der Waals surface area contributed by atoms with Gasteiger partial charge in [-0.25, -0.2) is 4.98 Å². The van der Waals surface area contributed by atoms with E-state index >= 15 is 0 Å². The first-order valence-corrected chi connectivity index (χ1v) is 11.5. The van der Waals surface area contributed by atoms with Crippen LogP contribution in [0.15, 0.2) is 48.5 Å². The van der Waals surface area contributed by atoms with Crippen molar-refractivity contribution in [2.75, 3.05) is 6.61 Å². The number of rotatable bonds is 11. The molecule has 1 atom stereocenters. The predicted octanol–water partition coefficient (Wildman–Crippen LogP) is 5.82. The largest absolute Gasteiger partial charge is 0.494 e. The molecule has 0 spiro atoms. The molecule has 1 N–H and O–H groups in total. The van der Waals surface area contributed by atoms with Crippen molar-refractivity contribution in [3.05, 3.63) is 59.9 Å². The molecule has 1 amide bonds. The molecule has 0 aliphatic rings. The Morgan fingerprint density at radius 1 is 1.06 bits per heavy atom. The zero-order valence-corrected chi connectivity index (χ0v) is 19.2. The SMILES string of the molecule is CCC(CC)C(=O)NC(C)c1nc2ccccc2n1CCCCOc1ccc(C)cc1. The van der Waals surface area contributed by atoms with Crippen LogP contribution in [-0.4, -0.2) is 22.1 Å². The summed E-state index contributed by atoms with van der Waals surface area (Å²) in [7, 11) is 0. The zero-order valence-electron chi connectivity index (χ0n) is 19.2. The molecule has 0 radical (unpaired) electrons. The highest BCUT2D eigenvalue weighted by Crippen LogP contribution is 2.22. The molecule has 3 rings (SSSR count). The van der Waals surface area contributed by atoms with Crippen LogP contribution >= 0.6 is 0 Å². The van der Waals surface area contributed by atoms with Gasteiger partial charge in [0.05, 0.1) is 23.7 Å². The number of aryl methyl sites for hydroxylation is 2. The van der Waals surface area contributed by atoms with Crippen molar-refractivity contribution in [2.45, 2.75) is 66.0 Å². The molecule has 0 bridgehead atoms. The van der Waals surface area contributed by atoms with Crippen molar-refractivity contribution >= 4 is 16.9 Å². The standard InChI is InChI=1S/C26H35N3O2/c1-5-21(6-2)26(30)27-20(4)25-28-23-11-7-8-12-24(23)29(25)17-9-10-18-31-22-15-13-19(3)14-16-22/h7-8,11-16,20-21H,5-6,9-10,17-18H2,1-4H3,(H,27,30). The Balaban J connectivity index is 1.64. The molecule has 0 fully saturated rings. The topological polar surface area (TPSA) is 56.2 Å². The van der Waals surface area contributed by atoms with E-state index in [0.29, 0.717) is 6.61 Å². The summed E-state index contributed by atoms with van der Waals surface area (Å²) in [6.07, 6.45) is 3.64. The third-order valence-electron chi connectivity index (χ3n) is 5.85. The second-order valence-electron chi connectivity index (χ2n) is 8.22. The summed E-state index contributed by atoms with van der Waals surface area (Å²) in [5.74, 6) is 2.00. The number of carbonyl (C=O) groups is 1. The highest BCUT2D eigenvalue weighted by atomic mass is 16.5. The van der Waals surface area contributed by atoms with E-state index in [1.54, 1.807) is 0 Å². The molecule has 0 aliphatic carbocycles. The first kappa shape index (κ1) is 22.9. The number of hydrogen-bond acceptors (Lipinski definition) is 3. The van der Waals surface area contributed by atoms with E-state index in [9.17, 15) is 4.79 Å². The summed E-state index contributed by atoms with van der Waals surface area (Å²) in [5.41, 5.74) is 3.31. The fourth-order valence-corrected chi connectivity index (χ4v) is 3.91. The summed E-state index contributed by atoms with van der Waals surface area (Å²) in [4.78, 5) is 17.5. The fraction of sp³-hybridized carbons (Fsp3) is 0.462. The number of fused-ring (bicyclic) bond motifs is 1. The van der Waals surface area contributed by atoms with Crippen molar-refractivity contribution in [3.63, 3.8) is 0 Å². The highest BCUT2D eigenvalue weighted by Gasteiger charge is 2.21. The van der Waals surface area contributed by atoms with Crippen LogP contribution in [0.4, 0.5) is 0 Å². The van der Waals surface area contributed by atoms with Gasteiger partial charge in [0.1, 0.15) is 11.6 Å². The number of benzene rings is 2. The number of imidazole rings is 1. The van der Waals surface area contributed by atoms with Crippen LogP contribution in [0, 0.1) is 12.8 Å². The van der Waals surface area contributed by atoms with E-state index < -0.39 is 0 Å². The lowest BCUT2D eigenvalue weighted by Crippen LogP contribution is -2.33. The van der Waals surface area contributed by atoms with Crippen molar-refractivity contribution in [1.29, 1.82) is 0 Å². The Labute approximate surface area is 185 Å². The van der Waals surface area contributed by atoms with Gasteiger partial charge in [-0.2, -0.15) is 0 Å². The van der Waals surface area contributed by atoms with Crippen LogP contribution in [0.2, 0.25) is 0 Å². The molecule has 5 nitrogen and oxygen atoms in total. The number of nitrogens with zero attached hydrogens (tertiary/aromatic N) is 2. The quantitative estimate of drug-likeness (QED) is 0.397. The first-order chi connectivity index (χ1) is 15.0. The van der Waals surface area contributed by atoms with Crippen LogP contribution in [0.5, 0.6) is 5.75 Å². The molecule has 31 heavy (non-hydrogen) atoms. The lowest BCUT2D eigenvalue weighted by atomic mass is 10.0. The minimum atomic E-state index is -0.135. The maximum absolute atomic E-state index is 12.6. The maximum Gasteiger partial charge on any atom is 0.223 e. The average molecular weight is 422 g/mol. The predicted molar refractivity (Wildman–Crippen MR) is 126 cm³/mol. The van der Waals surface area contributed by atoms with Gasteiger partial charge >= 0.3 is 0 Å². The summed E-state index contributed by atoms with van der Waals surface area (Å²) in [6, 6.07) is 16.2. The van der Waals surface area contributed by atoms with Gasteiger partial charge in [0.25, 0.3) is 0 Å². The van der Waals surface area contributed by atoms with Gasteiger partial charge < -0.3 is 14.6 Å². The zero-order chi connectivity index (χ0) is 22.2. The van der Waals surface area contributed by atoms with E-state index in [2.05, 4.69) is 48.9 Å². The van der Waals surface area contributed by atoms with Crippen LogP contribution in [0.25, 0.3) is 11.0 Å². The lowest BCUT2D eigenvalue weighted by molar-refractivity contribution is -0.125. The normalized spacial score (nSPS) is 12.3. The Morgan fingerprint density at radius 2 is 1.77 bits per heavy atom. The van der Waals surface area contributed by atoms with E-state index in [-0.39, 0.29) is 17.9 Å². The number of ether oxygens (including phenoxy) is 1. The molecule has 0 aliphatic heterocycles. The fourth-order valence-electron chi connectivity index (χ4n) is 3.91. The van der Waals surface area contributed by atoms with Crippen molar-refractivity contribution < 1.29 is 9.53 Å². The molecule has 1 aromatic heterocycles. The van der Waals surface area contributed by atoms with E-state index in [0.717, 1.165) is 54.8 Å². The van der Waals surface area contributed by atoms with E-state index in [1.165, 1.54) is 5.56 Å². The van der Waals surface area contributed by atoms with Gasteiger partial charge in [-0.05, 0) is 63.8 Å². The first-order valence-electron chi connectivity index (χ1n) is 11.5. The molecule has 0 saturated heterocycles. The van der Waals surface area contributed by atoms with Crippen LogP contribution in [-0.2, 0) is 11.3 Å². The minimum Gasteiger partial charge on any atom is -0.494 e. The number of hydrogen-bond donors (Lipinski definition) is 1. The van der Waals surface area contributed by atoms with Gasteiger partial charge in [-0.3, -0.25) is 4.79 Å². The number of aromatic nitrogens is 2. The van der Waals surface area contributed by atoms with Crippen LogP contribution in [0.3, 0.4) is 0 Å². The Kier molecular flexibility index (Phi) is 8.10. The molecule has 1 heterocycles. The molecular weight excluding hydrogens is 386 g/mol. The van der Waals surface area contributed by atoms with Gasteiger partial charge in [-0.15, -0.1) is 0 Å². The Morgan fingerprint density at radius 3 is 2.48 bits per heavy atom. The lowest BCUT2D eigenvalue weighted by Gasteiger charge is -2.19. The number of para-hydroxylation sites is 2. The number of carbonyl (C=O) groups excluding carboxylic acids is 1. The maximum atomic E-state index is 12.6.